The van der Waals surface area contributed by atoms with Crippen molar-refractivity contribution in [1.82, 2.24) is 0 Å². The molecule has 0 amide bonds. The molecule has 0 saturated carbocycles. The Balaban J connectivity index is 5.90. The number of hydrogen-bond donors (Lipinski definition) is 0. The number of hydrogen-bond acceptors (Lipinski definition) is 29. The van der Waals surface area contributed by atoms with Crippen LogP contribution in [0.5, 0.6) is 0 Å². The summed E-state index contributed by atoms with van der Waals surface area (Å²) in [7, 11) is -75.1. The van der Waals surface area contributed by atoms with Crippen LogP contribution in [0.15, 0.2) is 0 Å². The molecule has 0 aliphatic carbocycles. The maximum absolute atomic E-state index is 11.6. The summed E-state index contributed by atoms with van der Waals surface area (Å²) < 4.78 is 190. The largest absolute Gasteiger partial charge is 0.508 e. The average molecular weight is 2150 g/mol. The van der Waals surface area contributed by atoms with E-state index in [1.165, 1.54) is 0 Å². The molecule has 0 heterocycles. The number of carbonyl (C=O) groups is 1. The second-order valence-electron chi connectivity index (χ2n) is 43.5. The first-order valence-electron chi connectivity index (χ1n) is 41.9. The summed E-state index contributed by atoms with van der Waals surface area (Å²) in [5.41, 5.74) is 0. The number of carbonyl (C=O) groups excluding carboxylic acids is 1. The van der Waals surface area contributed by atoms with E-state index in [-0.39, 0.29) is 6.61 Å². The molecule has 0 radical (unpaired) electrons. The standard InChI is InChI=1S/C62H178O29Si27/c1-57-64-62(63)65-60-58-59-61-93(5,6)67-95(9,10)69-97(13,14)71-99(17,18)73-101(21,22)75-103(25,26)77-105(29,30)79-107(33,34)81-109(37,38)83-111(41,42)85-113(45,46)87-115(49,50)89-117(53,54)91-118(55,56)90-116(51,52)88-114(47,48)86-112(43,44)84-110(39,40)82-108(35,36)80-106(31,32)78-104(27,28)76-102(23,24)74-100(19,20)72-98(15,16)70-96(11,12)68-94(7,8)66-92(2,3)4/h57-61H2,1-56H3. The minimum absolute atomic E-state index is 0.290. The summed E-state index contributed by atoms with van der Waals surface area (Å²) in [5, 5.41) is 0. The zero-order chi connectivity index (χ0) is 94.4. The average Bonchev–Trinajstić information content (AvgIpc) is 0.802. The van der Waals surface area contributed by atoms with Crippen LogP contribution in [0, 0.1) is 0 Å². The third-order valence-electron chi connectivity index (χ3n) is 14.5. The molecule has 0 spiro atoms. The summed E-state index contributed by atoms with van der Waals surface area (Å²) in [4.78, 5) is 11.6. The van der Waals surface area contributed by atoms with E-state index in [2.05, 4.69) is 282 Å². The highest BCUT2D eigenvalue weighted by Gasteiger charge is 2.57. The minimum atomic E-state index is -2.93. The van der Waals surface area contributed by atoms with E-state index in [9.17, 15) is 4.79 Å². The normalized spacial score (nSPS) is 15.9. The molecule has 29 nitrogen and oxygen atoms in total. The smallest absolute Gasteiger partial charge is 0.437 e. The predicted molar refractivity (Wildman–Crippen MR) is 543 cm³/mol. The van der Waals surface area contributed by atoms with Crippen LogP contribution in [-0.2, 0) is 116 Å². The highest BCUT2D eigenvalue weighted by Crippen LogP contribution is 2.38. The van der Waals surface area contributed by atoms with Crippen molar-refractivity contribution in [2.45, 2.75) is 386 Å². The van der Waals surface area contributed by atoms with E-state index in [0.717, 1.165) is 18.9 Å². The lowest BCUT2D eigenvalue weighted by molar-refractivity contribution is 0.0581. The van der Waals surface area contributed by atoms with Gasteiger partial charge in [0.1, 0.15) is 0 Å². The maximum Gasteiger partial charge on any atom is 0.508 e. The van der Waals surface area contributed by atoms with Crippen LogP contribution < -0.4 is 0 Å². The lowest BCUT2D eigenvalue weighted by Gasteiger charge is -2.45. The van der Waals surface area contributed by atoms with Gasteiger partial charge in [0.2, 0.25) is 0 Å². The zero-order valence-electron chi connectivity index (χ0n) is 85.4. The fourth-order valence-electron chi connectivity index (χ4n) is 17.1. The van der Waals surface area contributed by atoms with E-state index < -0.39 is 237 Å². The summed E-state index contributed by atoms with van der Waals surface area (Å²) in [6.45, 7) is 116. The van der Waals surface area contributed by atoms with Crippen LogP contribution in [0.4, 0.5) is 4.79 Å². The van der Waals surface area contributed by atoms with Crippen molar-refractivity contribution in [3.05, 3.63) is 0 Å². The van der Waals surface area contributed by atoms with E-state index in [4.69, 9.17) is 116 Å². The Morgan fingerprint density at radius 2 is 0.280 bits per heavy atom. The molecule has 0 bridgehead atoms. The molecule has 118 heavy (non-hydrogen) atoms. The van der Waals surface area contributed by atoms with Crippen LogP contribution in [0.3, 0.4) is 0 Å². The molecule has 0 aromatic heterocycles. The van der Waals surface area contributed by atoms with Gasteiger partial charge in [-0.2, -0.15) is 0 Å². The summed E-state index contributed by atoms with van der Waals surface area (Å²) in [6.07, 6.45) is 0.985. The number of ether oxygens (including phenoxy) is 2. The second kappa shape index (κ2) is 42.8. The quantitative estimate of drug-likeness (QED) is 0.0311. The number of rotatable bonds is 58. The molecular formula is C62H178O29Si27. The molecule has 0 fully saturated rings. The van der Waals surface area contributed by atoms with Gasteiger partial charge in [0.05, 0.1) is 13.2 Å². The lowest BCUT2D eigenvalue weighted by atomic mass is 10.4. The van der Waals surface area contributed by atoms with Crippen LogP contribution in [0.2, 0.25) is 366 Å². The van der Waals surface area contributed by atoms with E-state index in [1.807, 2.05) is 78.6 Å². The first kappa shape index (κ1) is 122. The first-order valence-corrected chi connectivity index (χ1v) is 119. The molecule has 0 aliphatic rings. The van der Waals surface area contributed by atoms with Gasteiger partial charge in [-0.05, 0) is 379 Å². The maximum atomic E-state index is 11.6. The molecular weight excluding hydrogens is 1970 g/mol. The molecule has 0 unspecified atom stereocenters. The summed E-state index contributed by atoms with van der Waals surface area (Å²) in [6, 6.07) is 0.906. The lowest BCUT2D eigenvalue weighted by Crippen LogP contribution is -2.63. The third kappa shape index (κ3) is 57.5. The fraction of sp³-hybridized carbons (Fsp3) is 0.984. The van der Waals surface area contributed by atoms with Crippen LogP contribution in [0.25, 0.3) is 0 Å². The molecule has 708 valence electrons. The first-order chi connectivity index (χ1) is 50.8. The van der Waals surface area contributed by atoms with Crippen molar-refractivity contribution in [3.63, 3.8) is 0 Å². The molecule has 0 aliphatic heterocycles. The van der Waals surface area contributed by atoms with Gasteiger partial charge in [-0.3, -0.25) is 0 Å². The van der Waals surface area contributed by atoms with E-state index in [0.29, 0.717) is 6.61 Å². The van der Waals surface area contributed by atoms with Crippen molar-refractivity contribution in [2.24, 2.45) is 0 Å². The molecule has 0 rings (SSSR count). The van der Waals surface area contributed by atoms with Gasteiger partial charge >= 0.3 is 220 Å². The zero-order valence-corrected chi connectivity index (χ0v) is 112. The molecule has 0 saturated heterocycles. The van der Waals surface area contributed by atoms with E-state index in [1.54, 1.807) is 6.92 Å². The van der Waals surface area contributed by atoms with Gasteiger partial charge in [0, 0.05) is 0 Å². The molecule has 0 N–H and O–H groups in total. The van der Waals surface area contributed by atoms with Crippen molar-refractivity contribution in [1.29, 1.82) is 0 Å². The molecule has 56 heteroatoms. The van der Waals surface area contributed by atoms with Gasteiger partial charge in [-0.1, -0.05) is 6.42 Å². The number of unbranched alkanes of at least 4 members (excludes halogenated alkanes) is 1. The highest BCUT2D eigenvalue weighted by atomic mass is 28.6. The molecule has 0 aromatic rings. The Hall–Kier alpha value is 4.09. The summed E-state index contributed by atoms with van der Waals surface area (Å²) in [5.74, 6) is 0. The van der Waals surface area contributed by atoms with Gasteiger partial charge in [-0.15, -0.1) is 0 Å². The fourth-order valence-corrected chi connectivity index (χ4v) is 157. The second-order valence-corrected chi connectivity index (χ2v) is 143. The van der Waals surface area contributed by atoms with Crippen LogP contribution in [-0.4, -0.2) is 250 Å². The third-order valence-corrected chi connectivity index (χ3v) is 119. The minimum Gasteiger partial charge on any atom is -0.437 e. The Morgan fingerprint density at radius 3 is 0.398 bits per heavy atom. The van der Waals surface area contributed by atoms with Crippen molar-refractivity contribution in [3.8, 4) is 0 Å². The van der Waals surface area contributed by atoms with Crippen molar-refractivity contribution in [2.75, 3.05) is 13.2 Å². The Morgan fingerprint density at radius 1 is 0.161 bits per heavy atom. The van der Waals surface area contributed by atoms with Gasteiger partial charge < -0.3 is 116 Å². The van der Waals surface area contributed by atoms with Crippen molar-refractivity contribution < 1.29 is 121 Å². The Bertz CT molecular complexity index is 3100. The van der Waals surface area contributed by atoms with Crippen molar-refractivity contribution >= 4 is 237 Å². The Kier molecular flexibility index (Phi) is 44.2. The monoisotopic (exact) mass is 2140 g/mol. The van der Waals surface area contributed by atoms with Gasteiger partial charge in [-0.25, -0.2) is 4.79 Å². The topological polar surface area (TPSA) is 276 Å². The van der Waals surface area contributed by atoms with Crippen LogP contribution in [0.1, 0.15) is 19.8 Å². The summed E-state index contributed by atoms with van der Waals surface area (Å²) >= 11 is 0. The van der Waals surface area contributed by atoms with Crippen LogP contribution >= 0.6 is 0 Å². The SMILES string of the molecule is CCOC(=O)OCCCC[Si](C)(C)O[Si](C)(C)O[Si](C)(C)O[Si](C)(C)O[Si](C)(C)O[Si](C)(C)O[Si](C)(C)O[Si](C)(C)O[Si](C)(C)O[Si](C)(C)O[Si](C)(C)O[Si](C)(C)O[Si](C)(C)O[Si](C)(C)O[Si](C)(C)O[Si](C)(C)O[Si](C)(C)O[Si](C)(C)O[Si](C)(C)O[Si](C)(C)O[Si](C)(C)O[Si](C)(C)O[Si](C)(C)O[Si](C)(C)O[Si](C)(C)O[Si](C)(C)O[Si](C)(C)C. The van der Waals surface area contributed by atoms with E-state index >= 15 is 0 Å². The van der Waals surface area contributed by atoms with Gasteiger partial charge in [0.15, 0.2) is 16.6 Å². The highest BCUT2D eigenvalue weighted by molar-refractivity contribution is 6.98. The molecule has 0 aromatic carbocycles. The Labute approximate surface area is 750 Å². The predicted octanol–water partition coefficient (Wildman–Crippen LogP) is 22.0. The molecule has 0 atom stereocenters. The van der Waals surface area contributed by atoms with Gasteiger partial charge in [0.25, 0.3) is 0 Å².